The molecule has 0 unspecified atom stereocenters. The smallest absolute Gasteiger partial charge is 0.229 e. The molecule has 2 aromatic carbocycles. The van der Waals surface area contributed by atoms with E-state index in [0.717, 1.165) is 17.9 Å². The fraction of sp³-hybridized carbons (Fsp3) is 0.364. The maximum Gasteiger partial charge on any atom is 0.229 e. The predicted octanol–water partition coefficient (Wildman–Crippen LogP) is 4.20. The third kappa shape index (κ3) is 4.30. The summed E-state index contributed by atoms with van der Waals surface area (Å²) in [6.45, 7) is 4.76. The summed E-state index contributed by atoms with van der Waals surface area (Å²) in [6.07, 6.45) is 1.31. The van der Waals surface area contributed by atoms with Crippen LogP contribution in [0.4, 0.5) is 11.4 Å². The highest BCUT2D eigenvalue weighted by atomic mass is 16.5. The highest BCUT2D eigenvalue weighted by Crippen LogP contribution is 2.28. The number of hydrogen-bond donors (Lipinski definition) is 1. The fourth-order valence-corrected chi connectivity index (χ4v) is 3.27. The maximum absolute atomic E-state index is 12.6. The van der Waals surface area contributed by atoms with Gasteiger partial charge in [0.1, 0.15) is 5.75 Å². The number of amides is 2. The minimum absolute atomic E-state index is 0.0128. The van der Waals surface area contributed by atoms with E-state index in [2.05, 4.69) is 31.3 Å². The molecule has 3 rings (SSSR count). The van der Waals surface area contributed by atoms with Gasteiger partial charge in [-0.2, -0.15) is 0 Å². The summed E-state index contributed by atoms with van der Waals surface area (Å²) in [5.74, 6) is 0.731. The SMILES string of the molecule is CC[C@@H](C)c1ccc(N2C[C@H](C(=O)Nc3ccc(OC)cc3)CC2=O)cc1. The molecule has 0 saturated carbocycles. The second-order valence-electron chi connectivity index (χ2n) is 7.02. The van der Waals surface area contributed by atoms with Crippen LogP contribution in [0, 0.1) is 5.92 Å². The first-order valence-corrected chi connectivity index (χ1v) is 9.37. The van der Waals surface area contributed by atoms with Gasteiger partial charge in [-0.25, -0.2) is 0 Å². The first kappa shape index (κ1) is 19.0. The first-order valence-electron chi connectivity index (χ1n) is 9.37. The molecule has 0 aliphatic carbocycles. The molecule has 1 aliphatic heterocycles. The molecule has 2 atom stereocenters. The molecule has 1 heterocycles. The van der Waals surface area contributed by atoms with Gasteiger partial charge in [-0.3, -0.25) is 9.59 Å². The number of carbonyl (C=O) groups is 2. The van der Waals surface area contributed by atoms with Crippen molar-refractivity contribution in [3.8, 4) is 5.75 Å². The zero-order chi connectivity index (χ0) is 19.4. The number of carbonyl (C=O) groups excluding carboxylic acids is 2. The van der Waals surface area contributed by atoms with E-state index in [1.54, 1.807) is 36.3 Å². The van der Waals surface area contributed by atoms with E-state index in [-0.39, 0.29) is 24.2 Å². The Labute approximate surface area is 160 Å². The number of benzene rings is 2. The van der Waals surface area contributed by atoms with Crippen LogP contribution in [0.5, 0.6) is 5.75 Å². The van der Waals surface area contributed by atoms with Crippen LogP contribution < -0.4 is 15.0 Å². The van der Waals surface area contributed by atoms with E-state index in [4.69, 9.17) is 4.74 Å². The minimum Gasteiger partial charge on any atom is -0.497 e. The number of methoxy groups -OCH3 is 1. The quantitative estimate of drug-likeness (QED) is 0.833. The minimum atomic E-state index is -0.353. The van der Waals surface area contributed by atoms with Gasteiger partial charge in [0.25, 0.3) is 0 Å². The van der Waals surface area contributed by atoms with E-state index in [1.807, 2.05) is 12.1 Å². The van der Waals surface area contributed by atoms with Crippen molar-refractivity contribution in [1.29, 1.82) is 0 Å². The van der Waals surface area contributed by atoms with Crippen molar-refractivity contribution in [2.45, 2.75) is 32.6 Å². The standard InChI is InChI=1S/C22H26N2O3/c1-4-15(2)16-5-9-19(10-6-16)24-14-17(13-21(24)25)22(26)23-18-7-11-20(27-3)12-8-18/h5-12,15,17H,4,13-14H2,1-3H3,(H,23,26)/t15-,17-/m1/s1. The lowest BCUT2D eigenvalue weighted by atomic mass is 9.98. The molecular weight excluding hydrogens is 340 g/mol. The Balaban J connectivity index is 1.64. The highest BCUT2D eigenvalue weighted by Gasteiger charge is 2.35. The molecule has 1 saturated heterocycles. The molecule has 27 heavy (non-hydrogen) atoms. The number of ether oxygens (including phenoxy) is 1. The number of nitrogens with zero attached hydrogens (tertiary/aromatic N) is 1. The molecule has 5 nitrogen and oxygen atoms in total. The van der Waals surface area contributed by atoms with Crippen LogP contribution in [0.1, 0.15) is 38.2 Å². The van der Waals surface area contributed by atoms with Crippen LogP contribution >= 0.6 is 0 Å². The molecule has 2 aromatic rings. The molecule has 1 fully saturated rings. The summed E-state index contributed by atoms with van der Waals surface area (Å²) in [7, 11) is 1.60. The molecule has 1 N–H and O–H groups in total. The van der Waals surface area contributed by atoms with Gasteiger partial charge in [0, 0.05) is 24.3 Å². The molecule has 1 aliphatic rings. The Kier molecular flexibility index (Phi) is 5.79. The van der Waals surface area contributed by atoms with Gasteiger partial charge in [0.15, 0.2) is 0 Å². The molecule has 142 valence electrons. The molecule has 2 amide bonds. The normalized spacial score (nSPS) is 17.7. The largest absolute Gasteiger partial charge is 0.497 e. The molecule has 5 heteroatoms. The lowest BCUT2D eigenvalue weighted by Gasteiger charge is -2.18. The number of rotatable bonds is 6. The second kappa shape index (κ2) is 8.25. The van der Waals surface area contributed by atoms with E-state index in [1.165, 1.54) is 5.56 Å². The van der Waals surface area contributed by atoms with Crippen molar-refractivity contribution in [2.24, 2.45) is 5.92 Å². The van der Waals surface area contributed by atoms with E-state index in [9.17, 15) is 9.59 Å². The zero-order valence-electron chi connectivity index (χ0n) is 16.1. The fourth-order valence-electron chi connectivity index (χ4n) is 3.27. The van der Waals surface area contributed by atoms with Crippen molar-refractivity contribution in [3.63, 3.8) is 0 Å². The summed E-state index contributed by atoms with van der Waals surface area (Å²) >= 11 is 0. The average molecular weight is 366 g/mol. The van der Waals surface area contributed by atoms with Crippen LogP contribution in [0.15, 0.2) is 48.5 Å². The summed E-state index contributed by atoms with van der Waals surface area (Å²) < 4.78 is 5.12. The van der Waals surface area contributed by atoms with Gasteiger partial charge in [0.2, 0.25) is 11.8 Å². The van der Waals surface area contributed by atoms with Crippen LogP contribution in [0.3, 0.4) is 0 Å². The van der Waals surface area contributed by atoms with E-state index < -0.39 is 0 Å². The third-order valence-corrected chi connectivity index (χ3v) is 5.24. The zero-order valence-corrected chi connectivity index (χ0v) is 16.1. The number of nitrogens with one attached hydrogen (secondary N) is 1. The Hall–Kier alpha value is -2.82. The Morgan fingerprint density at radius 3 is 2.44 bits per heavy atom. The maximum atomic E-state index is 12.6. The van der Waals surface area contributed by atoms with Crippen molar-refractivity contribution >= 4 is 23.2 Å². The summed E-state index contributed by atoms with van der Waals surface area (Å²) in [6, 6.07) is 15.3. The van der Waals surface area contributed by atoms with Gasteiger partial charge in [-0.05, 0) is 54.3 Å². The van der Waals surface area contributed by atoms with Crippen LogP contribution in [-0.4, -0.2) is 25.5 Å². The monoisotopic (exact) mass is 366 g/mol. The van der Waals surface area contributed by atoms with Crippen molar-refractivity contribution < 1.29 is 14.3 Å². The van der Waals surface area contributed by atoms with Gasteiger partial charge >= 0.3 is 0 Å². The van der Waals surface area contributed by atoms with Crippen LogP contribution in [0.2, 0.25) is 0 Å². The number of hydrogen-bond acceptors (Lipinski definition) is 3. The Bertz CT molecular complexity index is 799. The number of anilines is 2. The van der Waals surface area contributed by atoms with Crippen LogP contribution in [-0.2, 0) is 9.59 Å². The van der Waals surface area contributed by atoms with Gasteiger partial charge in [0.05, 0.1) is 13.0 Å². The molecule has 0 spiro atoms. The third-order valence-electron chi connectivity index (χ3n) is 5.24. The molecule has 0 aromatic heterocycles. The van der Waals surface area contributed by atoms with E-state index >= 15 is 0 Å². The Morgan fingerprint density at radius 2 is 1.85 bits per heavy atom. The molecule has 0 radical (unpaired) electrons. The molecular formula is C22H26N2O3. The van der Waals surface area contributed by atoms with Crippen molar-refractivity contribution in [1.82, 2.24) is 0 Å². The van der Waals surface area contributed by atoms with Crippen LogP contribution in [0.25, 0.3) is 0 Å². The topological polar surface area (TPSA) is 58.6 Å². The Morgan fingerprint density at radius 1 is 1.19 bits per heavy atom. The summed E-state index contributed by atoms with van der Waals surface area (Å²) in [5.41, 5.74) is 2.82. The summed E-state index contributed by atoms with van der Waals surface area (Å²) in [4.78, 5) is 26.7. The highest BCUT2D eigenvalue weighted by molar-refractivity contribution is 6.03. The van der Waals surface area contributed by atoms with Gasteiger partial charge in [-0.15, -0.1) is 0 Å². The first-order chi connectivity index (χ1) is 13.0. The average Bonchev–Trinajstić information content (AvgIpc) is 3.10. The molecule has 0 bridgehead atoms. The lowest BCUT2D eigenvalue weighted by Crippen LogP contribution is -2.28. The predicted molar refractivity (Wildman–Crippen MR) is 107 cm³/mol. The van der Waals surface area contributed by atoms with Gasteiger partial charge < -0.3 is 15.0 Å². The van der Waals surface area contributed by atoms with Crippen molar-refractivity contribution in [2.75, 3.05) is 23.9 Å². The second-order valence-corrected chi connectivity index (χ2v) is 7.02. The van der Waals surface area contributed by atoms with Crippen molar-refractivity contribution in [3.05, 3.63) is 54.1 Å². The van der Waals surface area contributed by atoms with E-state index in [0.29, 0.717) is 18.2 Å². The summed E-state index contributed by atoms with van der Waals surface area (Å²) in [5, 5.41) is 2.89. The van der Waals surface area contributed by atoms with Gasteiger partial charge in [-0.1, -0.05) is 26.0 Å². The lowest BCUT2D eigenvalue weighted by molar-refractivity contribution is -0.122.